The highest BCUT2D eigenvalue weighted by atomic mass is 19.1. The monoisotopic (exact) mass is 441 g/mol. The first-order chi connectivity index (χ1) is 16.2. The average molecular weight is 441 g/mol. The molecule has 1 amide bonds. The number of aromatic nitrogens is 6. The van der Waals surface area contributed by atoms with Crippen LogP contribution >= 0.6 is 0 Å². The van der Waals surface area contributed by atoms with Crippen LogP contribution in [0.2, 0.25) is 0 Å². The number of nitrogens with zero attached hydrogens (tertiary/aromatic N) is 6. The lowest BCUT2D eigenvalue weighted by Crippen LogP contribution is -2.41. The number of pyridine rings is 2. The van der Waals surface area contributed by atoms with Gasteiger partial charge in [-0.2, -0.15) is 10.2 Å². The fourth-order valence-electron chi connectivity index (χ4n) is 4.91. The number of carbonyl (C=O) groups excluding carboxylic acids is 1. The van der Waals surface area contributed by atoms with E-state index in [0.717, 1.165) is 16.9 Å². The minimum atomic E-state index is -0.521. The summed E-state index contributed by atoms with van der Waals surface area (Å²) in [6, 6.07) is 8.26. The first-order valence-electron chi connectivity index (χ1n) is 11.1. The predicted molar refractivity (Wildman–Crippen MR) is 117 cm³/mol. The molecule has 0 unspecified atom stereocenters. The summed E-state index contributed by atoms with van der Waals surface area (Å²) in [6.07, 6.45) is 10.1. The van der Waals surface area contributed by atoms with Gasteiger partial charge in [-0.3, -0.25) is 4.79 Å². The van der Waals surface area contributed by atoms with Crippen LogP contribution in [-0.4, -0.2) is 46.5 Å². The SMILES string of the molecule is O=C(c1cnn2cc(C3CC3)ccc12)N1CCc2[nH]cnc2[C@H]1c1cc2c(F)cccn2n1. The van der Waals surface area contributed by atoms with Gasteiger partial charge in [-0.05, 0) is 48.6 Å². The van der Waals surface area contributed by atoms with Gasteiger partial charge in [0.1, 0.15) is 17.4 Å². The second-order valence-electron chi connectivity index (χ2n) is 8.80. The molecule has 2 aliphatic rings. The minimum absolute atomic E-state index is 0.139. The largest absolute Gasteiger partial charge is 0.348 e. The molecule has 0 bridgehead atoms. The minimum Gasteiger partial charge on any atom is -0.348 e. The van der Waals surface area contributed by atoms with E-state index < -0.39 is 6.04 Å². The molecule has 1 saturated carbocycles. The second kappa shape index (κ2) is 6.74. The molecule has 1 N–H and O–H groups in total. The van der Waals surface area contributed by atoms with Crippen LogP contribution in [0.15, 0.2) is 55.2 Å². The van der Waals surface area contributed by atoms with E-state index in [4.69, 9.17) is 0 Å². The lowest BCUT2D eigenvalue weighted by atomic mass is 9.98. The maximum Gasteiger partial charge on any atom is 0.258 e. The molecular weight excluding hydrogens is 421 g/mol. The van der Waals surface area contributed by atoms with E-state index in [2.05, 4.69) is 26.2 Å². The van der Waals surface area contributed by atoms with E-state index in [1.54, 1.807) is 40.3 Å². The number of imidazole rings is 1. The topological polar surface area (TPSA) is 83.6 Å². The number of aromatic amines is 1. The molecular formula is C24H20FN7O. The molecule has 1 atom stereocenters. The lowest BCUT2D eigenvalue weighted by molar-refractivity contribution is 0.0689. The van der Waals surface area contributed by atoms with Gasteiger partial charge < -0.3 is 9.88 Å². The maximum absolute atomic E-state index is 14.4. The van der Waals surface area contributed by atoms with Crippen LogP contribution in [0.5, 0.6) is 0 Å². The molecule has 5 aromatic heterocycles. The van der Waals surface area contributed by atoms with Gasteiger partial charge in [0.2, 0.25) is 0 Å². The summed E-state index contributed by atoms with van der Waals surface area (Å²) in [5.41, 5.74) is 5.23. The average Bonchev–Trinajstić information content (AvgIpc) is 3.22. The third kappa shape index (κ3) is 2.81. The van der Waals surface area contributed by atoms with Gasteiger partial charge in [-0.15, -0.1) is 0 Å². The molecule has 0 spiro atoms. The number of H-pyrrole nitrogens is 1. The molecule has 5 aromatic rings. The van der Waals surface area contributed by atoms with Crippen LogP contribution in [0, 0.1) is 5.82 Å². The first kappa shape index (κ1) is 18.6. The van der Waals surface area contributed by atoms with E-state index in [1.165, 1.54) is 29.0 Å². The van der Waals surface area contributed by atoms with Gasteiger partial charge in [0, 0.05) is 31.1 Å². The number of halogens is 1. The summed E-state index contributed by atoms with van der Waals surface area (Å²) in [4.78, 5) is 23.3. The quantitative estimate of drug-likeness (QED) is 0.465. The Balaban J connectivity index is 1.33. The third-order valence-corrected chi connectivity index (χ3v) is 6.75. The smallest absolute Gasteiger partial charge is 0.258 e. The van der Waals surface area contributed by atoms with Crippen LogP contribution in [0.4, 0.5) is 4.39 Å². The van der Waals surface area contributed by atoms with Gasteiger partial charge in [-0.25, -0.2) is 18.4 Å². The number of hydrogen-bond acceptors (Lipinski definition) is 4. The van der Waals surface area contributed by atoms with E-state index in [0.29, 0.717) is 35.7 Å². The molecule has 6 heterocycles. The van der Waals surface area contributed by atoms with Crippen molar-refractivity contribution in [3.8, 4) is 0 Å². The van der Waals surface area contributed by atoms with Crippen molar-refractivity contribution in [2.45, 2.75) is 31.2 Å². The number of nitrogens with one attached hydrogen (secondary N) is 1. The molecule has 1 fully saturated rings. The van der Waals surface area contributed by atoms with Crippen molar-refractivity contribution in [2.75, 3.05) is 6.54 Å². The third-order valence-electron chi connectivity index (χ3n) is 6.75. The number of rotatable bonds is 3. The van der Waals surface area contributed by atoms with Gasteiger partial charge >= 0.3 is 0 Å². The Morgan fingerprint density at radius 2 is 2.06 bits per heavy atom. The Hall–Kier alpha value is -4.01. The van der Waals surface area contributed by atoms with Crippen LogP contribution in [-0.2, 0) is 6.42 Å². The summed E-state index contributed by atoms with van der Waals surface area (Å²) >= 11 is 0. The van der Waals surface area contributed by atoms with Crippen LogP contribution in [0.3, 0.4) is 0 Å². The predicted octanol–water partition coefficient (Wildman–Crippen LogP) is 3.51. The highest BCUT2D eigenvalue weighted by Crippen LogP contribution is 2.40. The molecule has 164 valence electrons. The van der Waals surface area contributed by atoms with E-state index in [-0.39, 0.29) is 11.7 Å². The van der Waals surface area contributed by atoms with Crippen LogP contribution < -0.4 is 0 Å². The van der Waals surface area contributed by atoms with Crippen LogP contribution in [0.1, 0.15) is 57.8 Å². The Morgan fingerprint density at radius 3 is 2.91 bits per heavy atom. The maximum atomic E-state index is 14.4. The highest BCUT2D eigenvalue weighted by Gasteiger charge is 2.37. The number of fused-ring (bicyclic) bond motifs is 3. The van der Waals surface area contributed by atoms with Crippen molar-refractivity contribution in [3.05, 3.63) is 89.3 Å². The van der Waals surface area contributed by atoms with Gasteiger partial charge in [0.15, 0.2) is 0 Å². The van der Waals surface area contributed by atoms with Crippen molar-refractivity contribution in [1.29, 1.82) is 0 Å². The molecule has 0 radical (unpaired) electrons. The Bertz CT molecular complexity index is 1540. The zero-order valence-corrected chi connectivity index (χ0v) is 17.6. The van der Waals surface area contributed by atoms with Crippen molar-refractivity contribution < 1.29 is 9.18 Å². The van der Waals surface area contributed by atoms with Crippen molar-refractivity contribution in [3.63, 3.8) is 0 Å². The highest BCUT2D eigenvalue weighted by molar-refractivity contribution is 6.01. The fraction of sp³-hybridized carbons (Fsp3) is 0.250. The second-order valence-corrected chi connectivity index (χ2v) is 8.80. The van der Waals surface area contributed by atoms with Crippen molar-refractivity contribution in [1.82, 2.24) is 34.1 Å². The number of hydrogen-bond donors (Lipinski definition) is 1. The zero-order valence-electron chi connectivity index (χ0n) is 17.6. The molecule has 33 heavy (non-hydrogen) atoms. The molecule has 9 heteroatoms. The van der Waals surface area contributed by atoms with Gasteiger partial charge in [-0.1, -0.05) is 6.07 Å². The Labute approximate surface area is 187 Å². The molecule has 0 saturated heterocycles. The molecule has 1 aliphatic carbocycles. The van der Waals surface area contributed by atoms with Crippen molar-refractivity contribution >= 4 is 16.9 Å². The Morgan fingerprint density at radius 1 is 1.15 bits per heavy atom. The summed E-state index contributed by atoms with van der Waals surface area (Å²) in [7, 11) is 0. The summed E-state index contributed by atoms with van der Waals surface area (Å²) in [5.74, 6) is 0.111. The zero-order chi connectivity index (χ0) is 22.1. The fourth-order valence-corrected chi connectivity index (χ4v) is 4.91. The molecule has 8 nitrogen and oxygen atoms in total. The van der Waals surface area contributed by atoms with E-state index in [1.807, 2.05) is 12.3 Å². The van der Waals surface area contributed by atoms with Gasteiger partial charge in [0.05, 0.1) is 35.0 Å². The normalized spacial score (nSPS) is 18.2. The first-order valence-corrected chi connectivity index (χ1v) is 11.1. The standard InChI is InChI=1S/C24H20FN7O/c25-17-2-1-8-31-21(17)10-19(29-31)23-22-18(26-13-27-22)7-9-30(23)24(33)16-11-28-32-12-15(14-3-4-14)5-6-20(16)32/h1-2,5-6,8,10-14,23H,3-4,7,9H2,(H,26,27)/t23-/m1/s1. The number of amides is 1. The summed E-state index contributed by atoms with van der Waals surface area (Å²) in [5, 5.41) is 9.06. The Kier molecular flexibility index (Phi) is 3.79. The van der Waals surface area contributed by atoms with E-state index in [9.17, 15) is 9.18 Å². The summed E-state index contributed by atoms with van der Waals surface area (Å²) in [6.45, 7) is 0.493. The number of carbonyl (C=O) groups is 1. The van der Waals surface area contributed by atoms with Crippen LogP contribution in [0.25, 0.3) is 11.0 Å². The molecule has 7 rings (SSSR count). The lowest BCUT2D eigenvalue weighted by Gasteiger charge is -2.33. The molecule has 0 aromatic carbocycles. The van der Waals surface area contributed by atoms with Crippen molar-refractivity contribution in [2.24, 2.45) is 0 Å². The van der Waals surface area contributed by atoms with E-state index >= 15 is 0 Å². The summed E-state index contributed by atoms with van der Waals surface area (Å²) < 4.78 is 17.7. The molecule has 1 aliphatic heterocycles. The van der Waals surface area contributed by atoms with Gasteiger partial charge in [0.25, 0.3) is 5.91 Å².